The summed E-state index contributed by atoms with van der Waals surface area (Å²) in [5.74, 6) is -0.906. The Kier molecular flexibility index (Phi) is 5.71. The molecule has 1 saturated heterocycles. The Hall–Kier alpha value is -1.95. The number of nitrogens with one attached hydrogen (secondary N) is 1. The highest BCUT2D eigenvalue weighted by molar-refractivity contribution is 5.79. The Balaban J connectivity index is 1.85. The third-order valence-corrected chi connectivity index (χ3v) is 4.49. The quantitative estimate of drug-likeness (QED) is 0.859. The van der Waals surface area contributed by atoms with E-state index in [1.807, 2.05) is 11.8 Å². The molecule has 2 atom stereocenters. The maximum Gasteiger partial charge on any atom is 0.234 e. The molecule has 1 aliphatic heterocycles. The number of hydrogen-bond donors (Lipinski definition) is 2. The zero-order chi connectivity index (χ0) is 17.0. The molecule has 6 heteroatoms. The molecule has 0 aliphatic carbocycles. The lowest BCUT2D eigenvalue weighted by atomic mass is 9.93. The number of carbonyl (C=O) groups excluding carboxylic acids is 2. The molecule has 1 fully saturated rings. The van der Waals surface area contributed by atoms with Gasteiger partial charge in [0.05, 0.1) is 12.5 Å². The number of primary amides is 1. The van der Waals surface area contributed by atoms with Crippen molar-refractivity contribution in [1.82, 2.24) is 10.2 Å². The van der Waals surface area contributed by atoms with Gasteiger partial charge in [0.15, 0.2) is 0 Å². The molecule has 126 valence electrons. The van der Waals surface area contributed by atoms with E-state index < -0.39 is 0 Å². The van der Waals surface area contributed by atoms with Crippen molar-refractivity contribution in [3.63, 3.8) is 0 Å². The first-order valence-electron chi connectivity index (χ1n) is 7.92. The van der Waals surface area contributed by atoms with Gasteiger partial charge < -0.3 is 11.1 Å². The largest absolute Gasteiger partial charge is 0.369 e. The lowest BCUT2D eigenvalue weighted by Crippen LogP contribution is -2.49. The van der Waals surface area contributed by atoms with Crippen LogP contribution in [0.15, 0.2) is 18.2 Å². The van der Waals surface area contributed by atoms with E-state index >= 15 is 0 Å². The summed E-state index contributed by atoms with van der Waals surface area (Å²) in [6.07, 6.45) is 1.63. The van der Waals surface area contributed by atoms with E-state index in [2.05, 4.69) is 5.32 Å². The molecular formula is C17H24FN3O2. The van der Waals surface area contributed by atoms with Crippen molar-refractivity contribution < 1.29 is 14.0 Å². The summed E-state index contributed by atoms with van der Waals surface area (Å²) in [5.41, 5.74) is 6.67. The van der Waals surface area contributed by atoms with Gasteiger partial charge in [-0.3, -0.25) is 14.5 Å². The molecule has 1 aromatic rings. The molecule has 2 amide bonds. The number of rotatable bonds is 5. The zero-order valence-corrected chi connectivity index (χ0v) is 13.6. The van der Waals surface area contributed by atoms with Crippen molar-refractivity contribution in [2.45, 2.75) is 39.3 Å². The van der Waals surface area contributed by atoms with Gasteiger partial charge in [0.2, 0.25) is 11.8 Å². The minimum absolute atomic E-state index is 0.136. The Labute approximate surface area is 136 Å². The van der Waals surface area contributed by atoms with E-state index in [1.54, 1.807) is 19.1 Å². The second-order valence-electron chi connectivity index (χ2n) is 6.32. The first kappa shape index (κ1) is 17.4. The predicted molar refractivity (Wildman–Crippen MR) is 85.9 cm³/mol. The predicted octanol–water partition coefficient (Wildman–Crippen LogP) is 1.34. The van der Waals surface area contributed by atoms with E-state index in [-0.39, 0.29) is 42.7 Å². The topological polar surface area (TPSA) is 75.4 Å². The average molecular weight is 321 g/mol. The molecular weight excluding hydrogens is 297 g/mol. The fraction of sp³-hybridized carbons (Fsp3) is 0.529. The monoisotopic (exact) mass is 321 g/mol. The SMILES string of the molecule is Cc1ccc(CNC(=O)CN2C[C@@H](C(N)=O)CC[C@H]2C)cc1F. The molecule has 1 aromatic carbocycles. The summed E-state index contributed by atoms with van der Waals surface area (Å²) >= 11 is 0. The van der Waals surface area contributed by atoms with Crippen LogP contribution in [-0.2, 0) is 16.1 Å². The maximum atomic E-state index is 13.5. The van der Waals surface area contributed by atoms with Crippen LogP contribution in [0.2, 0.25) is 0 Å². The van der Waals surface area contributed by atoms with E-state index in [0.29, 0.717) is 12.1 Å². The molecule has 2 rings (SSSR count). The minimum atomic E-state index is -0.308. The van der Waals surface area contributed by atoms with Crippen LogP contribution < -0.4 is 11.1 Å². The summed E-state index contributed by atoms with van der Waals surface area (Å²) in [7, 11) is 0. The van der Waals surface area contributed by atoms with E-state index in [4.69, 9.17) is 5.73 Å². The first-order chi connectivity index (χ1) is 10.9. The first-order valence-corrected chi connectivity index (χ1v) is 7.92. The zero-order valence-electron chi connectivity index (χ0n) is 13.6. The normalized spacial score (nSPS) is 21.9. The van der Waals surface area contributed by atoms with Crippen molar-refractivity contribution in [3.05, 3.63) is 35.1 Å². The number of carbonyl (C=O) groups is 2. The van der Waals surface area contributed by atoms with Crippen molar-refractivity contribution in [2.75, 3.05) is 13.1 Å². The van der Waals surface area contributed by atoms with E-state index in [0.717, 1.165) is 18.4 Å². The molecule has 1 heterocycles. The van der Waals surface area contributed by atoms with Gasteiger partial charge in [0.25, 0.3) is 0 Å². The van der Waals surface area contributed by atoms with Crippen LogP contribution in [-0.4, -0.2) is 35.8 Å². The highest BCUT2D eigenvalue weighted by Crippen LogP contribution is 2.21. The van der Waals surface area contributed by atoms with Crippen LogP contribution in [0.5, 0.6) is 0 Å². The minimum Gasteiger partial charge on any atom is -0.369 e. The third-order valence-electron chi connectivity index (χ3n) is 4.49. The van der Waals surface area contributed by atoms with Gasteiger partial charge in [0, 0.05) is 19.1 Å². The Morgan fingerprint density at radius 3 is 2.78 bits per heavy atom. The van der Waals surface area contributed by atoms with Crippen LogP contribution in [0.4, 0.5) is 4.39 Å². The Morgan fingerprint density at radius 1 is 1.39 bits per heavy atom. The highest BCUT2D eigenvalue weighted by atomic mass is 19.1. The van der Waals surface area contributed by atoms with Gasteiger partial charge in [-0.05, 0) is 43.9 Å². The van der Waals surface area contributed by atoms with Gasteiger partial charge in [-0.15, -0.1) is 0 Å². The van der Waals surface area contributed by atoms with Gasteiger partial charge in [0.1, 0.15) is 5.82 Å². The molecule has 3 N–H and O–H groups in total. The van der Waals surface area contributed by atoms with Crippen LogP contribution >= 0.6 is 0 Å². The Bertz CT molecular complexity index is 591. The van der Waals surface area contributed by atoms with Crippen LogP contribution in [0, 0.1) is 18.7 Å². The van der Waals surface area contributed by atoms with Crippen LogP contribution in [0.3, 0.4) is 0 Å². The van der Waals surface area contributed by atoms with Crippen molar-refractivity contribution in [2.24, 2.45) is 11.7 Å². The smallest absolute Gasteiger partial charge is 0.234 e. The van der Waals surface area contributed by atoms with Gasteiger partial charge >= 0.3 is 0 Å². The molecule has 0 radical (unpaired) electrons. The van der Waals surface area contributed by atoms with Crippen molar-refractivity contribution >= 4 is 11.8 Å². The molecule has 0 bridgehead atoms. The second kappa shape index (κ2) is 7.55. The summed E-state index contributed by atoms with van der Waals surface area (Å²) in [6.45, 7) is 4.77. The maximum absolute atomic E-state index is 13.5. The fourth-order valence-electron chi connectivity index (χ4n) is 2.82. The fourth-order valence-corrected chi connectivity index (χ4v) is 2.82. The second-order valence-corrected chi connectivity index (χ2v) is 6.32. The number of benzene rings is 1. The number of likely N-dealkylation sites (tertiary alicyclic amines) is 1. The average Bonchev–Trinajstić information content (AvgIpc) is 2.50. The van der Waals surface area contributed by atoms with Crippen molar-refractivity contribution in [1.29, 1.82) is 0 Å². The summed E-state index contributed by atoms with van der Waals surface area (Å²) < 4.78 is 13.5. The van der Waals surface area contributed by atoms with Gasteiger partial charge in [-0.1, -0.05) is 12.1 Å². The number of amides is 2. The number of hydrogen-bond acceptors (Lipinski definition) is 3. The van der Waals surface area contributed by atoms with Crippen molar-refractivity contribution in [3.8, 4) is 0 Å². The number of piperidine rings is 1. The molecule has 0 saturated carbocycles. The van der Waals surface area contributed by atoms with Gasteiger partial charge in [-0.2, -0.15) is 0 Å². The summed E-state index contributed by atoms with van der Waals surface area (Å²) in [6, 6.07) is 5.17. The van der Waals surface area contributed by atoms with E-state index in [1.165, 1.54) is 6.07 Å². The lowest BCUT2D eigenvalue weighted by Gasteiger charge is -2.36. The molecule has 0 spiro atoms. The molecule has 23 heavy (non-hydrogen) atoms. The summed E-state index contributed by atoms with van der Waals surface area (Å²) in [4.78, 5) is 25.4. The highest BCUT2D eigenvalue weighted by Gasteiger charge is 2.29. The number of nitrogens with zero attached hydrogens (tertiary/aromatic N) is 1. The van der Waals surface area contributed by atoms with E-state index in [9.17, 15) is 14.0 Å². The molecule has 0 aromatic heterocycles. The van der Waals surface area contributed by atoms with Crippen LogP contribution in [0.25, 0.3) is 0 Å². The molecule has 1 aliphatic rings. The number of nitrogens with two attached hydrogens (primary N) is 1. The standard InChI is InChI=1S/C17H24FN3O2/c1-11-3-5-13(7-15(11)18)8-20-16(22)10-21-9-14(17(19)23)6-4-12(21)2/h3,5,7,12,14H,4,6,8-10H2,1-2H3,(H2,19,23)(H,20,22)/t12-,14+/m1/s1. The molecule has 5 nitrogen and oxygen atoms in total. The lowest BCUT2D eigenvalue weighted by molar-refractivity contribution is -0.127. The Morgan fingerprint density at radius 2 is 2.13 bits per heavy atom. The van der Waals surface area contributed by atoms with Gasteiger partial charge in [-0.25, -0.2) is 4.39 Å². The van der Waals surface area contributed by atoms with Crippen LogP contribution in [0.1, 0.15) is 30.9 Å². The molecule has 0 unspecified atom stereocenters. The number of halogens is 1. The number of aryl methyl sites for hydroxylation is 1. The third kappa shape index (κ3) is 4.76. The summed E-state index contributed by atoms with van der Waals surface area (Å²) in [5, 5.41) is 2.79.